The number of allylic oxidation sites excluding steroid dienone is 4. The smallest absolute Gasteiger partial charge is 0.0897 e. The first-order valence-electron chi connectivity index (χ1n) is 21.2. The number of nitrogens with zero attached hydrogens (tertiary/aromatic N) is 1. The standard InChI is InChI=1S/C43H85NO4/c1-3-5-7-9-11-13-15-17-19-21-23-25-27-29-31-33-37-47-39-35-44(41-43(46)42-45)36-40-48-38-34-32-30-28-26-24-22-20-18-16-14-12-10-8-6-4-2/h17-20,43,45-46H,3-16,21-42H2,1-2H3/b19-17-,20-18-/t43-/m1/s1. The Hall–Kier alpha value is -0.720. The van der Waals surface area contributed by atoms with Gasteiger partial charge in [0.15, 0.2) is 0 Å². The Kier molecular flexibility index (Phi) is 41.8. The summed E-state index contributed by atoms with van der Waals surface area (Å²) < 4.78 is 11.8. The number of hydrogen-bond donors (Lipinski definition) is 2. The minimum absolute atomic E-state index is 0.205. The molecule has 0 saturated heterocycles. The van der Waals surface area contributed by atoms with Crippen LogP contribution >= 0.6 is 0 Å². The van der Waals surface area contributed by atoms with Crippen LogP contribution in [0.1, 0.15) is 194 Å². The molecule has 1 atom stereocenters. The topological polar surface area (TPSA) is 62.2 Å². The van der Waals surface area contributed by atoms with E-state index in [-0.39, 0.29) is 6.61 Å². The fourth-order valence-electron chi connectivity index (χ4n) is 6.14. The molecule has 0 aromatic carbocycles. The van der Waals surface area contributed by atoms with Crippen LogP contribution in [0.25, 0.3) is 0 Å². The van der Waals surface area contributed by atoms with Crippen molar-refractivity contribution < 1.29 is 19.7 Å². The van der Waals surface area contributed by atoms with Gasteiger partial charge in [-0.25, -0.2) is 0 Å². The van der Waals surface area contributed by atoms with Gasteiger partial charge in [0.25, 0.3) is 0 Å². The second kappa shape index (κ2) is 42.4. The second-order valence-electron chi connectivity index (χ2n) is 14.2. The normalized spacial score (nSPS) is 12.8. The fraction of sp³-hybridized carbons (Fsp3) is 0.907. The molecule has 0 aliphatic rings. The quantitative estimate of drug-likeness (QED) is 0.0497. The Morgan fingerprint density at radius 2 is 0.750 bits per heavy atom. The molecule has 0 rings (SSSR count). The van der Waals surface area contributed by atoms with Gasteiger partial charge in [-0.05, 0) is 64.2 Å². The van der Waals surface area contributed by atoms with Crippen molar-refractivity contribution in [1.29, 1.82) is 0 Å². The van der Waals surface area contributed by atoms with Crippen LogP contribution in [0, 0.1) is 0 Å². The fourth-order valence-corrected chi connectivity index (χ4v) is 6.14. The molecule has 0 amide bonds. The Labute approximate surface area is 300 Å². The maximum Gasteiger partial charge on any atom is 0.0897 e. The van der Waals surface area contributed by atoms with Crippen LogP contribution < -0.4 is 0 Å². The Morgan fingerprint density at radius 3 is 1.08 bits per heavy atom. The molecule has 0 aromatic heterocycles. The highest BCUT2D eigenvalue weighted by Gasteiger charge is 2.11. The van der Waals surface area contributed by atoms with Gasteiger partial charge < -0.3 is 19.7 Å². The van der Waals surface area contributed by atoms with E-state index in [1.807, 2.05) is 0 Å². The lowest BCUT2D eigenvalue weighted by Gasteiger charge is -2.24. The summed E-state index contributed by atoms with van der Waals surface area (Å²) in [6, 6.07) is 0. The van der Waals surface area contributed by atoms with Gasteiger partial charge in [-0.2, -0.15) is 0 Å². The molecule has 0 unspecified atom stereocenters. The molecule has 2 N–H and O–H groups in total. The van der Waals surface area contributed by atoms with E-state index in [2.05, 4.69) is 43.1 Å². The molecule has 0 radical (unpaired) electrons. The Bertz CT molecular complexity index is 592. The predicted molar refractivity (Wildman–Crippen MR) is 210 cm³/mol. The molecule has 0 fully saturated rings. The molecule has 286 valence electrons. The molecule has 0 spiro atoms. The number of rotatable bonds is 41. The van der Waals surface area contributed by atoms with Crippen molar-refractivity contribution in [1.82, 2.24) is 4.90 Å². The maximum absolute atomic E-state index is 9.97. The lowest BCUT2D eigenvalue weighted by Crippen LogP contribution is -2.38. The van der Waals surface area contributed by atoms with Gasteiger partial charge in [0.2, 0.25) is 0 Å². The van der Waals surface area contributed by atoms with Crippen LogP contribution in [0.5, 0.6) is 0 Å². The zero-order chi connectivity index (χ0) is 34.9. The van der Waals surface area contributed by atoms with Gasteiger partial charge in [0.05, 0.1) is 25.9 Å². The summed E-state index contributed by atoms with van der Waals surface area (Å²) in [6.45, 7) is 9.30. The summed E-state index contributed by atoms with van der Waals surface area (Å²) in [7, 11) is 0. The first kappa shape index (κ1) is 47.3. The van der Waals surface area contributed by atoms with Crippen LogP contribution in [-0.2, 0) is 9.47 Å². The summed E-state index contributed by atoms with van der Waals surface area (Å²) in [5.41, 5.74) is 0. The van der Waals surface area contributed by atoms with Crippen molar-refractivity contribution in [3.05, 3.63) is 24.3 Å². The molecule has 0 bridgehead atoms. The van der Waals surface area contributed by atoms with Crippen molar-refractivity contribution >= 4 is 0 Å². The maximum atomic E-state index is 9.97. The third kappa shape index (κ3) is 39.7. The largest absolute Gasteiger partial charge is 0.394 e. The van der Waals surface area contributed by atoms with Crippen LogP contribution in [0.4, 0.5) is 0 Å². The van der Waals surface area contributed by atoms with Crippen molar-refractivity contribution in [2.75, 3.05) is 52.7 Å². The lowest BCUT2D eigenvalue weighted by molar-refractivity contribution is 0.0278. The van der Waals surface area contributed by atoms with E-state index in [1.165, 1.54) is 167 Å². The van der Waals surface area contributed by atoms with Crippen molar-refractivity contribution in [3.8, 4) is 0 Å². The Balaban J connectivity index is 3.58. The average molecular weight is 680 g/mol. The van der Waals surface area contributed by atoms with Gasteiger partial charge in [0, 0.05) is 32.8 Å². The number of ether oxygens (including phenoxy) is 2. The van der Waals surface area contributed by atoms with E-state index < -0.39 is 6.10 Å². The zero-order valence-corrected chi connectivity index (χ0v) is 32.5. The van der Waals surface area contributed by atoms with Crippen LogP contribution in [0.2, 0.25) is 0 Å². The second-order valence-corrected chi connectivity index (χ2v) is 14.2. The summed E-state index contributed by atoms with van der Waals surface area (Å²) in [5.74, 6) is 0. The third-order valence-corrected chi connectivity index (χ3v) is 9.38. The highest BCUT2D eigenvalue weighted by Crippen LogP contribution is 2.12. The first-order chi connectivity index (χ1) is 23.7. The van der Waals surface area contributed by atoms with Gasteiger partial charge in [-0.3, -0.25) is 4.90 Å². The molecule has 5 nitrogen and oxygen atoms in total. The minimum Gasteiger partial charge on any atom is -0.394 e. The minimum atomic E-state index is -0.711. The van der Waals surface area contributed by atoms with E-state index in [0.717, 1.165) is 39.1 Å². The number of hydrogen-bond acceptors (Lipinski definition) is 5. The number of aliphatic hydroxyl groups is 2. The van der Waals surface area contributed by atoms with Crippen LogP contribution in [0.3, 0.4) is 0 Å². The third-order valence-electron chi connectivity index (χ3n) is 9.38. The molecular weight excluding hydrogens is 594 g/mol. The molecular formula is C43H85NO4. The van der Waals surface area contributed by atoms with E-state index in [1.54, 1.807) is 0 Å². The SMILES string of the molecule is CCCCCCCC/C=C\CCCCCCCCOCCN(CCOCCCCCCCC/C=C\CCCCCCCC)C[C@@H](O)CO. The lowest BCUT2D eigenvalue weighted by atomic mass is 10.1. The first-order valence-corrected chi connectivity index (χ1v) is 21.2. The Morgan fingerprint density at radius 1 is 0.438 bits per heavy atom. The van der Waals surface area contributed by atoms with E-state index >= 15 is 0 Å². The summed E-state index contributed by atoms with van der Waals surface area (Å²) >= 11 is 0. The highest BCUT2D eigenvalue weighted by atomic mass is 16.5. The molecule has 0 heterocycles. The molecule has 0 saturated carbocycles. The van der Waals surface area contributed by atoms with Crippen molar-refractivity contribution in [2.45, 2.75) is 200 Å². The monoisotopic (exact) mass is 680 g/mol. The average Bonchev–Trinajstić information content (AvgIpc) is 3.09. The molecule has 0 aliphatic carbocycles. The number of unbranched alkanes of at least 4 members (excludes halogenated alkanes) is 24. The van der Waals surface area contributed by atoms with Crippen molar-refractivity contribution in [2.24, 2.45) is 0 Å². The zero-order valence-electron chi connectivity index (χ0n) is 32.5. The van der Waals surface area contributed by atoms with Crippen LogP contribution in [-0.4, -0.2) is 73.9 Å². The molecule has 0 aliphatic heterocycles. The van der Waals surface area contributed by atoms with Crippen molar-refractivity contribution in [3.63, 3.8) is 0 Å². The summed E-state index contributed by atoms with van der Waals surface area (Å²) in [4.78, 5) is 2.16. The van der Waals surface area contributed by atoms with Crippen LogP contribution in [0.15, 0.2) is 24.3 Å². The summed E-state index contributed by atoms with van der Waals surface area (Å²) in [5, 5.41) is 19.3. The van der Waals surface area contributed by atoms with E-state index in [0.29, 0.717) is 19.8 Å². The predicted octanol–water partition coefficient (Wildman–Crippen LogP) is 11.7. The highest BCUT2D eigenvalue weighted by molar-refractivity contribution is 4.82. The molecule has 5 heteroatoms. The van der Waals surface area contributed by atoms with E-state index in [9.17, 15) is 10.2 Å². The van der Waals surface area contributed by atoms with Gasteiger partial charge >= 0.3 is 0 Å². The van der Waals surface area contributed by atoms with Gasteiger partial charge in [-0.1, -0.05) is 154 Å². The van der Waals surface area contributed by atoms with Gasteiger partial charge in [0.1, 0.15) is 0 Å². The summed E-state index contributed by atoms with van der Waals surface area (Å²) in [6.07, 6.45) is 45.8. The van der Waals surface area contributed by atoms with E-state index in [4.69, 9.17) is 9.47 Å². The molecule has 48 heavy (non-hydrogen) atoms. The molecule has 0 aromatic rings. The number of aliphatic hydroxyl groups excluding tert-OH is 2. The van der Waals surface area contributed by atoms with Gasteiger partial charge in [-0.15, -0.1) is 0 Å².